The summed E-state index contributed by atoms with van der Waals surface area (Å²) in [5.41, 5.74) is 1.29. The van der Waals surface area contributed by atoms with Crippen LogP contribution < -0.4 is 21.5 Å². The first kappa shape index (κ1) is 22.7. The van der Waals surface area contributed by atoms with Crippen molar-refractivity contribution >= 4 is 39.9 Å². The third-order valence-electron chi connectivity index (χ3n) is 4.74. The zero-order valence-electron chi connectivity index (χ0n) is 15.5. The number of benzene rings is 2. The van der Waals surface area contributed by atoms with Gasteiger partial charge < -0.3 is 22.1 Å². The van der Waals surface area contributed by atoms with Crippen LogP contribution in [-0.2, 0) is 24.3 Å². The molecule has 3 aromatic rings. The van der Waals surface area contributed by atoms with Crippen LogP contribution in [0.1, 0.15) is 31.2 Å². The van der Waals surface area contributed by atoms with E-state index < -0.39 is 5.97 Å². The molecular formula is C21H23BrCl2N2O2. The zero-order chi connectivity index (χ0) is 19.2. The first-order valence-corrected chi connectivity index (χ1v) is 9.94. The molecule has 7 heteroatoms. The lowest BCUT2D eigenvalue weighted by Gasteiger charge is -2.05. The first-order valence-electron chi connectivity index (χ1n) is 9.18. The zero-order valence-corrected chi connectivity index (χ0v) is 18.6. The Morgan fingerprint density at radius 1 is 1.04 bits per heavy atom. The van der Waals surface area contributed by atoms with E-state index in [-0.39, 0.29) is 23.4 Å². The molecule has 1 aromatic heterocycles. The number of hydrogen-bond donors (Lipinski definition) is 1. The Labute approximate surface area is 185 Å². The van der Waals surface area contributed by atoms with Crippen LogP contribution in [0.2, 0.25) is 10.3 Å². The van der Waals surface area contributed by atoms with E-state index in [1.807, 2.05) is 21.5 Å². The van der Waals surface area contributed by atoms with Gasteiger partial charge >= 0.3 is 5.97 Å². The number of carboxylic acids is 1. The predicted molar refractivity (Wildman–Crippen MR) is 108 cm³/mol. The highest BCUT2D eigenvalue weighted by Gasteiger charge is 2.19. The van der Waals surface area contributed by atoms with E-state index in [1.165, 1.54) is 16.3 Å². The molecule has 0 fully saturated rings. The number of carboxylic acid groups (broad SMARTS) is 1. The number of aliphatic carboxylic acids is 1. The summed E-state index contributed by atoms with van der Waals surface area (Å²) in [6, 6.07) is 14.7. The van der Waals surface area contributed by atoms with Gasteiger partial charge in [-0.05, 0) is 58.8 Å². The molecule has 0 saturated heterocycles. The number of rotatable bonds is 9. The van der Waals surface area contributed by atoms with Gasteiger partial charge in [0.15, 0.2) is 0 Å². The second-order valence-corrected chi connectivity index (χ2v) is 7.39. The molecule has 150 valence electrons. The molecule has 0 amide bonds. The van der Waals surface area contributed by atoms with E-state index >= 15 is 0 Å². The topological polar surface area (TPSA) is 46.1 Å². The molecule has 0 aliphatic heterocycles. The van der Waals surface area contributed by atoms with E-state index in [0.29, 0.717) is 16.7 Å². The van der Waals surface area contributed by atoms with Crippen molar-refractivity contribution in [3.05, 3.63) is 64.7 Å². The number of hydrogen-bond acceptors (Lipinski definition) is 1. The lowest BCUT2D eigenvalue weighted by atomic mass is 10.0. The maximum atomic E-state index is 10.6. The second kappa shape index (κ2) is 10.8. The molecule has 0 spiro atoms. The van der Waals surface area contributed by atoms with Crippen LogP contribution in [0, 0.1) is 0 Å². The van der Waals surface area contributed by atoms with Crippen LogP contribution in [0.4, 0.5) is 0 Å². The molecule has 0 bridgehead atoms. The van der Waals surface area contributed by atoms with Crippen molar-refractivity contribution in [1.82, 2.24) is 4.57 Å². The van der Waals surface area contributed by atoms with E-state index in [2.05, 4.69) is 36.4 Å². The molecule has 3 rings (SSSR count). The Balaban J connectivity index is 0.00000280. The summed E-state index contributed by atoms with van der Waals surface area (Å²) in [7, 11) is 0. The molecule has 1 heterocycles. The number of halogens is 3. The van der Waals surface area contributed by atoms with Crippen molar-refractivity contribution in [3.8, 4) is 0 Å². The molecule has 0 radical (unpaired) electrons. The number of nitrogens with zero attached hydrogens (tertiary/aromatic N) is 2. The molecule has 0 saturated carbocycles. The molecular weight excluding hydrogens is 463 g/mol. The first-order chi connectivity index (χ1) is 13.1. The van der Waals surface area contributed by atoms with Crippen LogP contribution in [-0.4, -0.2) is 15.6 Å². The maximum absolute atomic E-state index is 10.6. The highest BCUT2D eigenvalue weighted by atomic mass is 79.9. The van der Waals surface area contributed by atoms with Gasteiger partial charge in [-0.25, -0.2) is 9.13 Å². The molecule has 1 N–H and O–H groups in total. The number of aryl methyl sites for hydroxylation is 3. The Hall–Kier alpha value is -1.56. The molecule has 0 aliphatic carbocycles. The van der Waals surface area contributed by atoms with Gasteiger partial charge in [-0.2, -0.15) is 0 Å². The number of aromatic nitrogens is 2. The van der Waals surface area contributed by atoms with Crippen LogP contribution in [0.15, 0.2) is 48.8 Å². The summed E-state index contributed by atoms with van der Waals surface area (Å²) >= 11 is 12.8. The van der Waals surface area contributed by atoms with E-state index in [1.54, 1.807) is 0 Å². The minimum atomic E-state index is -0.747. The summed E-state index contributed by atoms with van der Waals surface area (Å²) in [5, 5.41) is 12.3. The predicted octanol–water partition coefficient (Wildman–Crippen LogP) is 2.13. The summed E-state index contributed by atoms with van der Waals surface area (Å²) in [5.74, 6) is -0.747. The van der Waals surface area contributed by atoms with Crippen LogP contribution >= 0.6 is 23.2 Å². The Morgan fingerprint density at radius 2 is 1.79 bits per heavy atom. The van der Waals surface area contributed by atoms with Crippen molar-refractivity contribution in [2.45, 2.75) is 45.2 Å². The van der Waals surface area contributed by atoms with E-state index in [9.17, 15) is 4.79 Å². The number of unbranched alkanes of at least 4 members (excludes halogenated alkanes) is 2. The molecule has 28 heavy (non-hydrogen) atoms. The Kier molecular flexibility index (Phi) is 8.80. The smallest absolute Gasteiger partial charge is 0.303 e. The average molecular weight is 486 g/mol. The van der Waals surface area contributed by atoms with Gasteiger partial charge in [0.2, 0.25) is 6.33 Å². The molecule has 0 atom stereocenters. The summed E-state index contributed by atoms with van der Waals surface area (Å²) in [6.45, 7) is 1.48. The highest BCUT2D eigenvalue weighted by molar-refractivity contribution is 6.39. The van der Waals surface area contributed by atoms with Crippen molar-refractivity contribution in [3.63, 3.8) is 0 Å². The molecule has 0 aliphatic rings. The Bertz CT molecular complexity index is 938. The third-order valence-corrected chi connectivity index (χ3v) is 5.63. The van der Waals surface area contributed by atoms with Gasteiger partial charge in [0.05, 0.1) is 13.1 Å². The summed E-state index contributed by atoms with van der Waals surface area (Å²) in [4.78, 5) is 10.6. The van der Waals surface area contributed by atoms with Crippen LogP contribution in [0.5, 0.6) is 0 Å². The summed E-state index contributed by atoms with van der Waals surface area (Å²) < 4.78 is 3.91. The second-order valence-electron chi connectivity index (χ2n) is 6.68. The lowest BCUT2D eigenvalue weighted by Crippen LogP contribution is -3.00. The fourth-order valence-corrected chi connectivity index (χ4v) is 3.78. The van der Waals surface area contributed by atoms with Gasteiger partial charge in [0.1, 0.15) is 0 Å². The number of fused-ring (bicyclic) bond motifs is 1. The van der Waals surface area contributed by atoms with E-state index in [0.717, 1.165) is 32.4 Å². The largest absolute Gasteiger partial charge is 1.00 e. The van der Waals surface area contributed by atoms with Gasteiger partial charge in [-0.15, -0.1) is 0 Å². The van der Waals surface area contributed by atoms with Crippen molar-refractivity contribution in [2.24, 2.45) is 0 Å². The van der Waals surface area contributed by atoms with Crippen LogP contribution in [0.25, 0.3) is 10.8 Å². The lowest BCUT2D eigenvalue weighted by molar-refractivity contribution is -0.693. The van der Waals surface area contributed by atoms with Crippen molar-refractivity contribution < 1.29 is 31.4 Å². The van der Waals surface area contributed by atoms with Gasteiger partial charge in [-0.3, -0.25) is 4.79 Å². The number of imidazole rings is 1. The molecule has 2 aromatic carbocycles. The van der Waals surface area contributed by atoms with Crippen molar-refractivity contribution in [2.75, 3.05) is 0 Å². The third kappa shape index (κ3) is 5.72. The minimum Gasteiger partial charge on any atom is -1.00 e. The quantitative estimate of drug-likeness (QED) is 0.372. The van der Waals surface area contributed by atoms with Gasteiger partial charge in [0.25, 0.3) is 10.3 Å². The normalized spacial score (nSPS) is 10.8. The number of carbonyl (C=O) groups is 1. The fraction of sp³-hybridized carbons (Fsp3) is 0.333. The highest BCUT2D eigenvalue weighted by Crippen LogP contribution is 2.21. The van der Waals surface area contributed by atoms with Gasteiger partial charge in [0, 0.05) is 12.8 Å². The minimum absolute atomic E-state index is 0. The fourth-order valence-electron chi connectivity index (χ4n) is 3.30. The standard InChI is InChI=1S/C21H22Cl2N2O2.BrH/c22-20-21(23)25(15-24(20)13-5-1-2-11-19(26)27)14-12-17-9-6-8-16-7-3-4-10-18(16)17;/h3-4,6-10,15H,1-2,5,11-14H2;1H. The maximum Gasteiger partial charge on any atom is 0.303 e. The van der Waals surface area contributed by atoms with Crippen LogP contribution in [0.3, 0.4) is 0 Å². The monoisotopic (exact) mass is 484 g/mol. The Morgan fingerprint density at radius 3 is 2.57 bits per heavy atom. The molecule has 0 unspecified atom stereocenters. The SMILES string of the molecule is O=C(O)CCCCCn1c[n+](CCc2cccc3ccccc23)c(Cl)c1Cl.[Br-]. The average Bonchev–Trinajstić information content (AvgIpc) is 2.94. The summed E-state index contributed by atoms with van der Waals surface area (Å²) in [6.07, 6.45) is 5.45. The van der Waals surface area contributed by atoms with Gasteiger partial charge in [-0.1, -0.05) is 42.5 Å². The van der Waals surface area contributed by atoms with E-state index in [4.69, 9.17) is 28.3 Å². The molecule has 4 nitrogen and oxygen atoms in total. The van der Waals surface area contributed by atoms with Crippen molar-refractivity contribution in [1.29, 1.82) is 0 Å².